The molecule has 3 aliphatic carbocycles. The minimum Gasteiger partial charge on any atom is -0.290 e. The molecule has 0 radical (unpaired) electrons. The van der Waals surface area contributed by atoms with Gasteiger partial charge in [-0.25, -0.2) is 5.06 Å². The van der Waals surface area contributed by atoms with E-state index in [-0.39, 0.29) is 11.5 Å². The van der Waals surface area contributed by atoms with E-state index in [4.69, 9.17) is 0 Å². The third kappa shape index (κ3) is 1.61. The van der Waals surface area contributed by atoms with Crippen molar-refractivity contribution in [1.82, 2.24) is 5.06 Å². The van der Waals surface area contributed by atoms with E-state index in [1.54, 1.807) is 18.2 Å². The molecule has 6 nitrogen and oxygen atoms in total. The zero-order valence-corrected chi connectivity index (χ0v) is 12.6. The van der Waals surface area contributed by atoms with E-state index in [2.05, 4.69) is 4.99 Å². The van der Waals surface area contributed by atoms with Crippen molar-refractivity contribution in [3.05, 3.63) is 58.9 Å². The van der Waals surface area contributed by atoms with Gasteiger partial charge in [-0.05, 0) is 30.1 Å². The first-order chi connectivity index (χ1) is 11.6. The average molecular weight is 316 g/mol. The molecule has 0 aromatic rings. The van der Waals surface area contributed by atoms with E-state index in [9.17, 15) is 20.5 Å². The smallest absolute Gasteiger partial charge is 0.193 e. The maximum Gasteiger partial charge on any atom is 0.193 e. The third-order valence-corrected chi connectivity index (χ3v) is 4.71. The summed E-state index contributed by atoms with van der Waals surface area (Å²) in [5.74, 6) is -0.173. The van der Waals surface area contributed by atoms with Gasteiger partial charge < -0.3 is 0 Å². The fourth-order valence-corrected chi connectivity index (χ4v) is 3.72. The lowest BCUT2D eigenvalue weighted by atomic mass is 9.66. The lowest BCUT2D eigenvalue weighted by Crippen LogP contribution is -2.55. The van der Waals surface area contributed by atoms with Crippen molar-refractivity contribution < 1.29 is 10.0 Å². The van der Waals surface area contributed by atoms with Crippen molar-refractivity contribution in [1.29, 1.82) is 10.5 Å². The van der Waals surface area contributed by atoms with Crippen LogP contribution in [0.5, 0.6) is 0 Å². The van der Waals surface area contributed by atoms with E-state index < -0.39 is 11.6 Å². The molecule has 1 N–H and O–H groups in total. The lowest BCUT2D eigenvalue weighted by molar-refractivity contribution is -0.112. The van der Waals surface area contributed by atoms with Crippen molar-refractivity contribution in [3.8, 4) is 12.1 Å². The summed E-state index contributed by atoms with van der Waals surface area (Å²) in [6.07, 6.45) is 11.8. The van der Waals surface area contributed by atoms with Gasteiger partial charge in [-0.2, -0.15) is 10.5 Å². The number of hydrogen-bond donors (Lipinski definition) is 1. The van der Waals surface area contributed by atoms with Crippen molar-refractivity contribution in [2.75, 3.05) is 0 Å². The monoisotopic (exact) mass is 316 g/mol. The van der Waals surface area contributed by atoms with Crippen LogP contribution in [-0.4, -0.2) is 33.3 Å². The van der Waals surface area contributed by atoms with Gasteiger partial charge in [0.15, 0.2) is 23.1 Å². The molecule has 0 aromatic heterocycles. The van der Waals surface area contributed by atoms with E-state index in [1.807, 2.05) is 30.4 Å². The molecule has 0 amide bonds. The number of nitrogens with zero attached hydrogens (tertiary/aromatic N) is 4. The SMILES string of the molecule is N#CC1=NC23C(=CCC=C2N(O)C1C#N)C(=O)C=C1CC=CC=C13. The molecular formula is C18H12N4O2. The molecule has 0 aromatic carbocycles. The summed E-state index contributed by atoms with van der Waals surface area (Å²) in [5.41, 5.74) is 1.04. The average Bonchev–Trinajstić information content (AvgIpc) is 2.61. The Morgan fingerprint density at radius 1 is 1.33 bits per heavy atom. The second-order valence-electron chi connectivity index (χ2n) is 5.88. The van der Waals surface area contributed by atoms with Gasteiger partial charge in [-0.1, -0.05) is 30.4 Å². The molecule has 0 saturated carbocycles. The highest BCUT2D eigenvalue weighted by molar-refractivity contribution is 6.13. The Kier molecular flexibility index (Phi) is 2.93. The Labute approximate surface area is 138 Å². The molecule has 0 bridgehead atoms. The number of hydrogen-bond acceptors (Lipinski definition) is 6. The quantitative estimate of drug-likeness (QED) is 0.735. The van der Waals surface area contributed by atoms with Crippen LogP contribution in [0, 0.1) is 22.7 Å². The third-order valence-electron chi connectivity index (χ3n) is 4.71. The molecule has 0 fully saturated rings. The number of rotatable bonds is 0. The summed E-state index contributed by atoms with van der Waals surface area (Å²) < 4.78 is 0. The van der Waals surface area contributed by atoms with Gasteiger partial charge in [0.1, 0.15) is 6.07 Å². The van der Waals surface area contributed by atoms with Gasteiger partial charge in [-0.15, -0.1) is 0 Å². The second-order valence-corrected chi connectivity index (χ2v) is 5.88. The first-order valence-electron chi connectivity index (χ1n) is 7.55. The van der Waals surface area contributed by atoms with Crippen LogP contribution in [0.15, 0.2) is 63.9 Å². The summed E-state index contributed by atoms with van der Waals surface area (Å²) in [6.45, 7) is 0. The molecule has 1 aliphatic heterocycles. The van der Waals surface area contributed by atoms with Crippen LogP contribution in [-0.2, 0) is 4.79 Å². The van der Waals surface area contributed by atoms with Crippen molar-refractivity contribution in [2.45, 2.75) is 24.4 Å². The maximum atomic E-state index is 12.6. The Morgan fingerprint density at radius 2 is 2.17 bits per heavy atom. The molecular weight excluding hydrogens is 304 g/mol. The predicted octanol–water partition coefficient (Wildman–Crippen LogP) is 1.90. The largest absolute Gasteiger partial charge is 0.290 e. The minimum absolute atomic E-state index is 0.102. The van der Waals surface area contributed by atoms with Crippen LogP contribution in [0.1, 0.15) is 12.8 Å². The van der Waals surface area contributed by atoms with Gasteiger partial charge in [0.25, 0.3) is 0 Å². The first-order valence-corrected chi connectivity index (χ1v) is 7.55. The number of allylic oxidation sites excluding steroid dienone is 6. The van der Waals surface area contributed by atoms with Crippen LogP contribution in [0.25, 0.3) is 0 Å². The Morgan fingerprint density at radius 3 is 2.92 bits per heavy atom. The zero-order chi connectivity index (χ0) is 16.9. The molecule has 24 heavy (non-hydrogen) atoms. The second kappa shape index (κ2) is 4.89. The van der Waals surface area contributed by atoms with Crippen LogP contribution in [0.2, 0.25) is 0 Å². The number of carbonyl (C=O) groups excluding carboxylic acids is 1. The van der Waals surface area contributed by atoms with Gasteiger partial charge >= 0.3 is 0 Å². The Hall–Kier alpha value is -3.22. The number of nitriles is 2. The summed E-state index contributed by atoms with van der Waals surface area (Å²) in [6, 6.07) is 2.62. The highest BCUT2D eigenvalue weighted by Gasteiger charge is 2.55. The molecule has 4 rings (SSSR count). The van der Waals surface area contributed by atoms with Gasteiger partial charge in [0.2, 0.25) is 0 Å². The number of hydroxylamine groups is 2. The molecule has 6 heteroatoms. The topological polar surface area (TPSA) is 100 Å². The fraction of sp³-hybridized carbons (Fsp3) is 0.222. The zero-order valence-electron chi connectivity index (χ0n) is 12.6. The maximum absolute atomic E-state index is 12.6. The highest BCUT2D eigenvalue weighted by atomic mass is 16.5. The molecule has 116 valence electrons. The van der Waals surface area contributed by atoms with Gasteiger partial charge in [0.05, 0.1) is 11.8 Å². The summed E-state index contributed by atoms with van der Waals surface area (Å²) in [4.78, 5) is 17.2. The van der Waals surface area contributed by atoms with E-state index in [0.29, 0.717) is 24.1 Å². The van der Waals surface area contributed by atoms with Gasteiger partial charge in [-0.3, -0.25) is 15.0 Å². The fourth-order valence-electron chi connectivity index (χ4n) is 3.72. The lowest BCUT2D eigenvalue weighted by Gasteiger charge is -2.47. The number of carbonyl (C=O) groups is 1. The highest BCUT2D eigenvalue weighted by Crippen LogP contribution is 2.51. The molecule has 1 spiro atoms. The van der Waals surface area contributed by atoms with Gasteiger partial charge in [0, 0.05) is 5.57 Å². The van der Waals surface area contributed by atoms with Crippen LogP contribution < -0.4 is 0 Å². The molecule has 0 saturated heterocycles. The van der Waals surface area contributed by atoms with E-state index in [0.717, 1.165) is 16.2 Å². The van der Waals surface area contributed by atoms with Crippen LogP contribution in [0.3, 0.4) is 0 Å². The Bertz CT molecular complexity index is 933. The number of aliphatic imine (C=N–C) groups is 1. The summed E-state index contributed by atoms with van der Waals surface area (Å²) in [7, 11) is 0. The van der Waals surface area contributed by atoms with Crippen LogP contribution >= 0.6 is 0 Å². The van der Waals surface area contributed by atoms with Crippen molar-refractivity contribution in [2.24, 2.45) is 4.99 Å². The molecule has 4 aliphatic rings. The van der Waals surface area contributed by atoms with Crippen LogP contribution in [0.4, 0.5) is 0 Å². The van der Waals surface area contributed by atoms with Crippen molar-refractivity contribution in [3.63, 3.8) is 0 Å². The first kappa shape index (κ1) is 14.4. The molecule has 1 heterocycles. The summed E-state index contributed by atoms with van der Waals surface area (Å²) >= 11 is 0. The predicted molar refractivity (Wildman–Crippen MR) is 84.5 cm³/mol. The van der Waals surface area contributed by atoms with E-state index in [1.165, 1.54) is 0 Å². The van der Waals surface area contributed by atoms with E-state index >= 15 is 0 Å². The minimum atomic E-state index is -1.24. The number of ketones is 1. The Balaban J connectivity index is 2.08. The molecule has 2 atom stereocenters. The standard InChI is InChI=1S/C18H12N4O2/c19-9-14-15(10-20)22(24)17-7-3-6-13-16(23)8-11-4-1-2-5-12(11)18(13,17)21-14/h1-2,5-8,15,24H,3-4H2. The molecule has 2 unspecified atom stereocenters. The summed E-state index contributed by atoms with van der Waals surface area (Å²) in [5, 5.41) is 30.1. The number of fused-ring (bicyclic) bond motifs is 1. The normalized spacial score (nSPS) is 30.3. The van der Waals surface area contributed by atoms with Crippen molar-refractivity contribution >= 4 is 11.5 Å².